The van der Waals surface area contributed by atoms with Crippen LogP contribution in [-0.4, -0.2) is 35.7 Å². The lowest BCUT2D eigenvalue weighted by Gasteiger charge is -2.28. The molecule has 0 aromatic rings. The Hall–Kier alpha value is -0.220. The second-order valence-corrected chi connectivity index (χ2v) is 7.56. The molecular weight excluding hydrogens is 270 g/mol. The normalized spacial score (nSPS) is 26.1. The number of carbonyl (C=O) groups is 1. The largest absolute Gasteiger partial charge is 0.465 e. The summed E-state index contributed by atoms with van der Waals surface area (Å²) in [6.45, 7) is 9.91. The summed E-state index contributed by atoms with van der Waals surface area (Å²) in [5.74, 6) is 1.92. The number of rotatable bonds is 9. The first-order valence-electron chi connectivity index (χ1n) is 8.08. The van der Waals surface area contributed by atoms with E-state index in [1.807, 2.05) is 18.7 Å². The molecule has 118 valence electrons. The molecule has 1 N–H and O–H groups in total. The number of esters is 1. The van der Waals surface area contributed by atoms with Gasteiger partial charge in [-0.05, 0) is 57.2 Å². The van der Waals surface area contributed by atoms with Crippen molar-refractivity contribution in [2.24, 2.45) is 5.92 Å². The molecular formula is C16H31NO2S. The van der Waals surface area contributed by atoms with Crippen LogP contribution in [0.5, 0.6) is 0 Å². The van der Waals surface area contributed by atoms with E-state index in [0.29, 0.717) is 11.9 Å². The van der Waals surface area contributed by atoms with E-state index in [1.165, 1.54) is 12.2 Å². The Labute approximate surface area is 128 Å². The molecule has 1 aliphatic rings. The van der Waals surface area contributed by atoms with Crippen molar-refractivity contribution in [2.45, 2.75) is 70.6 Å². The van der Waals surface area contributed by atoms with E-state index in [4.69, 9.17) is 4.74 Å². The van der Waals surface area contributed by atoms with Crippen molar-refractivity contribution in [1.29, 1.82) is 0 Å². The Morgan fingerprint density at radius 1 is 1.45 bits per heavy atom. The molecule has 1 saturated carbocycles. The van der Waals surface area contributed by atoms with Gasteiger partial charge in [-0.2, -0.15) is 11.8 Å². The molecule has 0 spiro atoms. The second-order valence-electron chi connectivity index (χ2n) is 6.15. The highest BCUT2D eigenvalue weighted by atomic mass is 32.2. The first-order chi connectivity index (χ1) is 9.54. The molecule has 0 radical (unpaired) electrons. The minimum absolute atomic E-state index is 0.0413. The van der Waals surface area contributed by atoms with Gasteiger partial charge in [0.15, 0.2) is 0 Å². The number of nitrogens with one attached hydrogen (secondary N) is 1. The van der Waals surface area contributed by atoms with Gasteiger partial charge in [-0.3, -0.25) is 4.79 Å². The van der Waals surface area contributed by atoms with Crippen molar-refractivity contribution in [3.63, 3.8) is 0 Å². The fourth-order valence-corrected chi connectivity index (χ4v) is 4.29. The zero-order valence-corrected chi connectivity index (χ0v) is 14.4. The first-order valence-corrected chi connectivity index (χ1v) is 9.12. The molecule has 0 aromatic carbocycles. The fourth-order valence-electron chi connectivity index (χ4n) is 2.66. The van der Waals surface area contributed by atoms with Gasteiger partial charge >= 0.3 is 5.97 Å². The van der Waals surface area contributed by atoms with Gasteiger partial charge in [-0.1, -0.05) is 20.8 Å². The van der Waals surface area contributed by atoms with Crippen molar-refractivity contribution in [1.82, 2.24) is 5.32 Å². The van der Waals surface area contributed by atoms with E-state index in [2.05, 4.69) is 26.1 Å². The Morgan fingerprint density at radius 2 is 2.20 bits per heavy atom. The van der Waals surface area contributed by atoms with E-state index >= 15 is 0 Å². The maximum Gasteiger partial charge on any atom is 0.326 e. The summed E-state index contributed by atoms with van der Waals surface area (Å²) in [5, 5.41) is 4.07. The predicted molar refractivity (Wildman–Crippen MR) is 87.2 cm³/mol. The van der Waals surface area contributed by atoms with Crippen LogP contribution in [0, 0.1) is 5.92 Å². The van der Waals surface area contributed by atoms with Crippen LogP contribution in [0.4, 0.5) is 0 Å². The van der Waals surface area contributed by atoms with Crippen molar-refractivity contribution >= 4 is 17.7 Å². The molecule has 1 fully saturated rings. The zero-order chi connectivity index (χ0) is 15.0. The van der Waals surface area contributed by atoms with Crippen LogP contribution in [0.25, 0.3) is 0 Å². The summed E-state index contributed by atoms with van der Waals surface area (Å²) in [4.78, 5) is 12.3. The van der Waals surface area contributed by atoms with Crippen LogP contribution in [0.15, 0.2) is 0 Å². The third kappa shape index (κ3) is 5.28. The highest BCUT2D eigenvalue weighted by Gasteiger charge is 2.46. The summed E-state index contributed by atoms with van der Waals surface area (Å²) < 4.78 is 5.31. The lowest BCUT2D eigenvalue weighted by molar-refractivity contribution is -0.151. The summed E-state index contributed by atoms with van der Waals surface area (Å²) in [6.07, 6.45) is 5.28. The van der Waals surface area contributed by atoms with Crippen molar-refractivity contribution < 1.29 is 9.53 Å². The van der Waals surface area contributed by atoms with Crippen LogP contribution in [0.2, 0.25) is 0 Å². The molecule has 0 heterocycles. The predicted octanol–water partition coefficient (Wildman–Crippen LogP) is 3.62. The van der Waals surface area contributed by atoms with Crippen molar-refractivity contribution in [3.8, 4) is 0 Å². The average molecular weight is 301 g/mol. The maximum absolute atomic E-state index is 12.3. The SMILES string of the molecule is CCCNC1(C(=O)OCC)CCC(SCCC(C)C)C1. The lowest BCUT2D eigenvalue weighted by Crippen LogP contribution is -2.51. The topological polar surface area (TPSA) is 38.3 Å². The van der Waals surface area contributed by atoms with Crippen molar-refractivity contribution in [2.75, 3.05) is 18.9 Å². The molecule has 3 nitrogen and oxygen atoms in total. The molecule has 1 rings (SSSR count). The van der Waals surface area contributed by atoms with Gasteiger partial charge in [-0.25, -0.2) is 0 Å². The van der Waals surface area contributed by atoms with E-state index in [-0.39, 0.29) is 5.97 Å². The number of hydrogen-bond donors (Lipinski definition) is 1. The zero-order valence-electron chi connectivity index (χ0n) is 13.5. The quantitative estimate of drug-likeness (QED) is 0.660. The smallest absolute Gasteiger partial charge is 0.326 e. The summed E-state index contributed by atoms with van der Waals surface area (Å²) in [5.41, 5.74) is -0.415. The average Bonchev–Trinajstić information content (AvgIpc) is 2.81. The lowest BCUT2D eigenvalue weighted by atomic mass is 9.97. The molecule has 0 saturated heterocycles. The van der Waals surface area contributed by atoms with Gasteiger partial charge in [0.25, 0.3) is 0 Å². The summed E-state index contributed by atoms with van der Waals surface area (Å²) >= 11 is 2.04. The Bertz CT molecular complexity index is 296. The molecule has 0 bridgehead atoms. The molecule has 0 aromatic heterocycles. The Balaban J connectivity index is 2.52. The highest BCUT2D eigenvalue weighted by molar-refractivity contribution is 7.99. The number of ether oxygens (including phenoxy) is 1. The highest BCUT2D eigenvalue weighted by Crippen LogP contribution is 2.38. The number of carbonyl (C=O) groups excluding carboxylic acids is 1. The van der Waals surface area contributed by atoms with Gasteiger partial charge in [0, 0.05) is 5.25 Å². The summed E-state index contributed by atoms with van der Waals surface area (Å²) in [7, 11) is 0. The van der Waals surface area contributed by atoms with Gasteiger partial charge in [0.2, 0.25) is 0 Å². The Morgan fingerprint density at radius 3 is 2.80 bits per heavy atom. The van der Waals surface area contributed by atoms with Crippen LogP contribution >= 0.6 is 11.8 Å². The maximum atomic E-state index is 12.3. The molecule has 20 heavy (non-hydrogen) atoms. The monoisotopic (exact) mass is 301 g/mol. The van der Waals surface area contributed by atoms with Crippen LogP contribution in [0.3, 0.4) is 0 Å². The van der Waals surface area contributed by atoms with Crippen LogP contribution in [-0.2, 0) is 9.53 Å². The molecule has 1 aliphatic carbocycles. The minimum Gasteiger partial charge on any atom is -0.465 e. The van der Waals surface area contributed by atoms with E-state index in [0.717, 1.165) is 38.1 Å². The standard InChI is InChI=1S/C16H31NO2S/c1-5-10-17-16(15(18)19-6-2)9-7-14(12-16)20-11-8-13(3)4/h13-14,17H,5-12H2,1-4H3. The molecule has 0 aliphatic heterocycles. The van der Waals surface area contributed by atoms with Gasteiger partial charge in [-0.15, -0.1) is 0 Å². The molecule has 4 heteroatoms. The number of hydrogen-bond acceptors (Lipinski definition) is 4. The van der Waals surface area contributed by atoms with Crippen LogP contribution < -0.4 is 5.32 Å². The van der Waals surface area contributed by atoms with Gasteiger partial charge in [0.1, 0.15) is 5.54 Å². The second kappa shape index (κ2) is 8.93. The van der Waals surface area contributed by atoms with Gasteiger partial charge in [0.05, 0.1) is 6.61 Å². The van der Waals surface area contributed by atoms with Crippen LogP contribution in [0.1, 0.15) is 59.8 Å². The minimum atomic E-state index is -0.415. The molecule has 2 atom stereocenters. The molecule has 0 amide bonds. The third-order valence-corrected chi connectivity index (χ3v) is 5.24. The van der Waals surface area contributed by atoms with Crippen molar-refractivity contribution in [3.05, 3.63) is 0 Å². The Kier molecular flexibility index (Phi) is 7.96. The first kappa shape index (κ1) is 17.8. The fraction of sp³-hybridized carbons (Fsp3) is 0.938. The number of thioether (sulfide) groups is 1. The van der Waals surface area contributed by atoms with E-state index < -0.39 is 5.54 Å². The summed E-state index contributed by atoms with van der Waals surface area (Å²) in [6, 6.07) is 0. The molecule has 2 unspecified atom stereocenters. The van der Waals surface area contributed by atoms with E-state index in [1.54, 1.807) is 0 Å². The van der Waals surface area contributed by atoms with Gasteiger partial charge < -0.3 is 10.1 Å². The van der Waals surface area contributed by atoms with E-state index in [9.17, 15) is 4.79 Å². The third-order valence-electron chi connectivity index (χ3n) is 3.90.